The topological polar surface area (TPSA) is 34.9 Å². The molecule has 0 radical (unpaired) electrons. The summed E-state index contributed by atoms with van der Waals surface area (Å²) in [5.74, 6) is 0.496. The van der Waals surface area contributed by atoms with Gasteiger partial charge in [-0.1, -0.05) is 12.8 Å². The number of hydrogen-bond donors (Lipinski definition) is 0. The van der Waals surface area contributed by atoms with E-state index in [1.165, 1.54) is 12.8 Å². The third-order valence-electron chi connectivity index (χ3n) is 3.02. The second kappa shape index (κ2) is 3.95. The van der Waals surface area contributed by atoms with Gasteiger partial charge < -0.3 is 0 Å². The molecule has 1 aliphatic rings. The number of aryl methyl sites for hydroxylation is 1. The molecule has 3 heteroatoms. The molecule has 1 unspecified atom stereocenters. The van der Waals surface area contributed by atoms with Crippen LogP contribution in [0.4, 0.5) is 0 Å². The Morgan fingerprint density at radius 1 is 1.43 bits per heavy atom. The summed E-state index contributed by atoms with van der Waals surface area (Å²) in [5, 5.41) is 4.12. The second-order valence-electron chi connectivity index (χ2n) is 4.00. The van der Waals surface area contributed by atoms with Crippen molar-refractivity contribution in [3.63, 3.8) is 0 Å². The van der Waals surface area contributed by atoms with E-state index in [2.05, 4.69) is 5.10 Å². The number of rotatable bonds is 1. The maximum Gasteiger partial charge on any atom is 0.141 e. The number of nitrogens with zero attached hydrogens (tertiary/aromatic N) is 2. The predicted molar refractivity (Wildman–Crippen MR) is 54.0 cm³/mol. The molecule has 3 nitrogen and oxygen atoms in total. The monoisotopic (exact) mass is 192 g/mol. The molecule has 76 valence electrons. The zero-order valence-corrected chi connectivity index (χ0v) is 8.57. The number of Topliss-reactive ketones (excluding diaryl/α,β-unsaturated/α-hetero) is 1. The Morgan fingerprint density at radius 2 is 2.29 bits per heavy atom. The summed E-state index contributed by atoms with van der Waals surface area (Å²) in [5.41, 5.74) is 1.08. The van der Waals surface area contributed by atoms with Gasteiger partial charge in [-0.05, 0) is 18.9 Å². The van der Waals surface area contributed by atoms with Crippen molar-refractivity contribution in [3.05, 3.63) is 18.0 Å². The third-order valence-corrected chi connectivity index (χ3v) is 3.02. The van der Waals surface area contributed by atoms with E-state index < -0.39 is 0 Å². The van der Waals surface area contributed by atoms with Crippen LogP contribution < -0.4 is 0 Å². The van der Waals surface area contributed by atoms with Crippen LogP contribution in [0.15, 0.2) is 12.3 Å². The minimum absolute atomic E-state index is 0.102. The minimum Gasteiger partial charge on any atom is -0.299 e. The van der Waals surface area contributed by atoms with E-state index in [9.17, 15) is 4.79 Å². The van der Waals surface area contributed by atoms with Gasteiger partial charge in [0.2, 0.25) is 0 Å². The lowest BCUT2D eigenvalue weighted by molar-refractivity contribution is -0.120. The summed E-state index contributed by atoms with van der Waals surface area (Å²) in [6.07, 6.45) is 6.94. The Balaban J connectivity index is 2.23. The van der Waals surface area contributed by atoms with Crippen molar-refractivity contribution >= 4 is 5.78 Å². The maximum atomic E-state index is 11.8. The van der Waals surface area contributed by atoms with Crippen molar-refractivity contribution in [2.75, 3.05) is 0 Å². The van der Waals surface area contributed by atoms with Crippen LogP contribution in [0.5, 0.6) is 0 Å². The minimum atomic E-state index is 0.102. The Morgan fingerprint density at radius 3 is 3.00 bits per heavy atom. The van der Waals surface area contributed by atoms with Gasteiger partial charge in [0.1, 0.15) is 5.78 Å². The number of aromatic nitrogens is 2. The Bertz CT molecular complexity index is 330. The van der Waals surface area contributed by atoms with E-state index in [1.807, 2.05) is 17.8 Å². The first-order valence-corrected chi connectivity index (χ1v) is 5.29. The molecule has 0 aliphatic heterocycles. The molecular formula is C11H16N2O. The summed E-state index contributed by atoms with van der Waals surface area (Å²) < 4.78 is 1.83. The second-order valence-corrected chi connectivity index (χ2v) is 4.00. The van der Waals surface area contributed by atoms with E-state index >= 15 is 0 Å². The van der Waals surface area contributed by atoms with Crippen molar-refractivity contribution in [2.24, 2.45) is 7.05 Å². The van der Waals surface area contributed by atoms with Crippen molar-refractivity contribution in [3.8, 4) is 0 Å². The molecule has 1 aliphatic carbocycles. The predicted octanol–water partition coefficient (Wildman–Crippen LogP) is 2.04. The van der Waals surface area contributed by atoms with Crippen LogP contribution in [0.3, 0.4) is 0 Å². The normalized spacial score (nSPS) is 23.5. The zero-order chi connectivity index (χ0) is 9.97. The van der Waals surface area contributed by atoms with Crippen molar-refractivity contribution < 1.29 is 4.79 Å². The fourth-order valence-corrected chi connectivity index (χ4v) is 2.20. The molecule has 1 heterocycles. The molecule has 0 bridgehead atoms. The molecule has 0 spiro atoms. The van der Waals surface area contributed by atoms with Gasteiger partial charge >= 0.3 is 0 Å². The van der Waals surface area contributed by atoms with Crippen LogP contribution in [-0.4, -0.2) is 15.6 Å². The highest BCUT2D eigenvalue weighted by molar-refractivity contribution is 5.85. The number of carbonyl (C=O) groups is 1. The van der Waals surface area contributed by atoms with E-state index in [-0.39, 0.29) is 5.92 Å². The van der Waals surface area contributed by atoms with E-state index in [4.69, 9.17) is 0 Å². The van der Waals surface area contributed by atoms with Gasteiger partial charge in [-0.3, -0.25) is 9.48 Å². The van der Waals surface area contributed by atoms with Crippen molar-refractivity contribution in [2.45, 2.75) is 38.0 Å². The number of ketones is 1. The molecule has 1 aromatic heterocycles. The lowest BCUT2D eigenvalue weighted by Crippen LogP contribution is -2.14. The quantitative estimate of drug-likeness (QED) is 0.638. The van der Waals surface area contributed by atoms with Crippen LogP contribution in [0.25, 0.3) is 0 Å². The molecule has 0 N–H and O–H groups in total. The smallest absolute Gasteiger partial charge is 0.141 e. The van der Waals surface area contributed by atoms with Gasteiger partial charge in [0, 0.05) is 25.4 Å². The van der Waals surface area contributed by atoms with Gasteiger partial charge in [-0.25, -0.2) is 0 Å². The Hall–Kier alpha value is -1.12. The highest BCUT2D eigenvalue weighted by atomic mass is 16.1. The zero-order valence-electron chi connectivity index (χ0n) is 8.57. The summed E-state index contributed by atoms with van der Waals surface area (Å²) >= 11 is 0. The van der Waals surface area contributed by atoms with E-state index in [0.29, 0.717) is 5.78 Å². The van der Waals surface area contributed by atoms with Gasteiger partial charge in [-0.15, -0.1) is 0 Å². The molecule has 1 atom stereocenters. The van der Waals surface area contributed by atoms with E-state index in [1.54, 1.807) is 6.20 Å². The summed E-state index contributed by atoms with van der Waals surface area (Å²) in [7, 11) is 1.91. The molecule has 1 aromatic rings. The van der Waals surface area contributed by atoms with Crippen LogP contribution >= 0.6 is 0 Å². The largest absolute Gasteiger partial charge is 0.299 e. The Kier molecular flexibility index (Phi) is 2.66. The fraction of sp³-hybridized carbons (Fsp3) is 0.636. The molecule has 14 heavy (non-hydrogen) atoms. The molecule has 1 saturated carbocycles. The first-order valence-electron chi connectivity index (χ1n) is 5.29. The summed E-state index contributed by atoms with van der Waals surface area (Å²) in [6, 6.07) is 1.97. The molecule has 0 aromatic carbocycles. The molecule has 0 amide bonds. The van der Waals surface area contributed by atoms with Gasteiger partial charge in [0.15, 0.2) is 0 Å². The lowest BCUT2D eigenvalue weighted by Gasteiger charge is -2.12. The highest BCUT2D eigenvalue weighted by Gasteiger charge is 2.24. The van der Waals surface area contributed by atoms with Crippen molar-refractivity contribution in [1.82, 2.24) is 9.78 Å². The highest BCUT2D eigenvalue weighted by Crippen LogP contribution is 2.28. The first-order chi connectivity index (χ1) is 6.79. The lowest BCUT2D eigenvalue weighted by atomic mass is 9.95. The molecular weight excluding hydrogens is 176 g/mol. The van der Waals surface area contributed by atoms with Crippen LogP contribution in [-0.2, 0) is 11.8 Å². The standard InChI is InChI=1S/C11H16N2O/c1-13-10(7-8-12-13)9-5-3-2-4-6-11(9)14/h7-9H,2-6H2,1H3. The average molecular weight is 192 g/mol. The fourth-order valence-electron chi connectivity index (χ4n) is 2.20. The summed E-state index contributed by atoms with van der Waals surface area (Å²) in [6.45, 7) is 0. The summed E-state index contributed by atoms with van der Waals surface area (Å²) in [4.78, 5) is 11.8. The van der Waals surface area contributed by atoms with E-state index in [0.717, 1.165) is 25.0 Å². The van der Waals surface area contributed by atoms with Crippen LogP contribution in [0.1, 0.15) is 43.7 Å². The van der Waals surface area contributed by atoms with Crippen LogP contribution in [0, 0.1) is 0 Å². The van der Waals surface area contributed by atoms with Gasteiger partial charge in [-0.2, -0.15) is 5.10 Å². The van der Waals surface area contributed by atoms with Gasteiger partial charge in [0.25, 0.3) is 0 Å². The first kappa shape index (κ1) is 9.44. The molecule has 1 fully saturated rings. The molecule has 0 saturated heterocycles. The van der Waals surface area contributed by atoms with Crippen LogP contribution in [0.2, 0.25) is 0 Å². The maximum absolute atomic E-state index is 11.8. The SMILES string of the molecule is Cn1nccc1C1CCCCCC1=O. The Labute approximate surface area is 84.1 Å². The number of carbonyl (C=O) groups excluding carboxylic acids is 1. The molecule has 2 rings (SSSR count). The third kappa shape index (κ3) is 1.72. The average Bonchev–Trinajstić information content (AvgIpc) is 2.46. The van der Waals surface area contributed by atoms with Crippen molar-refractivity contribution in [1.29, 1.82) is 0 Å². The number of hydrogen-bond acceptors (Lipinski definition) is 2. The van der Waals surface area contributed by atoms with Gasteiger partial charge in [0.05, 0.1) is 5.92 Å².